The molecule has 2 aromatic rings. The van der Waals surface area contributed by atoms with Gasteiger partial charge in [0.25, 0.3) is 0 Å². The highest BCUT2D eigenvalue weighted by Gasteiger charge is 2.40. The maximum Gasteiger partial charge on any atom is 0.225 e. The smallest absolute Gasteiger partial charge is 0.225 e. The molecule has 4 rings (SSSR count). The van der Waals surface area contributed by atoms with E-state index >= 15 is 0 Å². The van der Waals surface area contributed by atoms with Gasteiger partial charge in [0.2, 0.25) is 5.91 Å². The molecule has 0 bridgehead atoms. The fraction of sp³-hybridized carbons (Fsp3) is 0.474. The molecule has 1 N–H and O–H groups in total. The van der Waals surface area contributed by atoms with E-state index in [0.717, 1.165) is 30.6 Å². The molecule has 1 amide bonds. The van der Waals surface area contributed by atoms with E-state index in [2.05, 4.69) is 21.4 Å². The number of carbonyl (C=O) groups excluding carboxylic acids is 1. The summed E-state index contributed by atoms with van der Waals surface area (Å²) in [7, 11) is 1.95. The summed E-state index contributed by atoms with van der Waals surface area (Å²) in [6.07, 6.45) is 10.2. The lowest BCUT2D eigenvalue weighted by atomic mass is 9.84. The van der Waals surface area contributed by atoms with E-state index in [4.69, 9.17) is 0 Å². The lowest BCUT2D eigenvalue weighted by Gasteiger charge is -2.29. The number of imidazole rings is 1. The van der Waals surface area contributed by atoms with E-state index in [1.165, 1.54) is 0 Å². The van der Waals surface area contributed by atoms with Crippen molar-refractivity contribution in [2.24, 2.45) is 13.0 Å². The third kappa shape index (κ3) is 3.03. The van der Waals surface area contributed by atoms with Gasteiger partial charge in [-0.15, -0.1) is 0 Å². The number of carbonyl (C=O) groups is 1. The summed E-state index contributed by atoms with van der Waals surface area (Å²) >= 11 is 0. The van der Waals surface area contributed by atoms with Crippen molar-refractivity contribution >= 4 is 11.6 Å². The lowest BCUT2D eigenvalue weighted by molar-refractivity contribution is -0.137. The van der Waals surface area contributed by atoms with Gasteiger partial charge in [0.05, 0.1) is 29.3 Å². The molecule has 1 aliphatic heterocycles. The molecule has 2 atom stereocenters. The number of aromatic nitrogens is 3. The Hall–Kier alpha value is -2.88. The summed E-state index contributed by atoms with van der Waals surface area (Å²) in [5.41, 5.74) is 2.24. The van der Waals surface area contributed by atoms with Crippen LogP contribution >= 0.6 is 0 Å². The number of nitriles is 1. The number of nitrogens with one attached hydrogen (secondary N) is 1. The second-order valence-corrected chi connectivity index (χ2v) is 7.23. The third-order valence-electron chi connectivity index (χ3n) is 5.47. The predicted molar refractivity (Wildman–Crippen MR) is 96.2 cm³/mol. The topological polar surface area (TPSA) is 86.8 Å². The molecule has 1 saturated heterocycles. The predicted octanol–water partition coefficient (Wildman–Crippen LogP) is 1.89. The number of rotatable bonds is 4. The summed E-state index contributed by atoms with van der Waals surface area (Å²) in [6, 6.07) is 4.00. The maximum absolute atomic E-state index is 12.7. The highest BCUT2D eigenvalue weighted by Crippen LogP contribution is 2.34. The fourth-order valence-electron chi connectivity index (χ4n) is 3.78. The van der Waals surface area contributed by atoms with Gasteiger partial charge in [-0.3, -0.25) is 9.78 Å². The van der Waals surface area contributed by atoms with Crippen molar-refractivity contribution < 1.29 is 4.79 Å². The molecule has 26 heavy (non-hydrogen) atoms. The Balaban J connectivity index is 1.58. The Morgan fingerprint density at radius 1 is 1.38 bits per heavy atom. The van der Waals surface area contributed by atoms with Crippen molar-refractivity contribution in [1.82, 2.24) is 19.4 Å². The van der Waals surface area contributed by atoms with Crippen LogP contribution in [0.2, 0.25) is 0 Å². The van der Waals surface area contributed by atoms with Crippen LogP contribution in [-0.2, 0) is 11.8 Å². The van der Waals surface area contributed by atoms with Gasteiger partial charge in [-0.05, 0) is 18.9 Å². The van der Waals surface area contributed by atoms with Crippen LogP contribution in [0, 0.1) is 17.2 Å². The van der Waals surface area contributed by atoms with Crippen LogP contribution in [0.3, 0.4) is 0 Å². The summed E-state index contributed by atoms with van der Waals surface area (Å²) in [5.74, 6) is 0.547. The number of likely N-dealkylation sites (tertiary alicyclic amines) is 1. The summed E-state index contributed by atoms with van der Waals surface area (Å²) < 4.78 is 1.93. The van der Waals surface area contributed by atoms with Gasteiger partial charge in [-0.1, -0.05) is 6.42 Å². The van der Waals surface area contributed by atoms with E-state index in [1.807, 2.05) is 28.8 Å². The highest BCUT2D eigenvalue weighted by molar-refractivity contribution is 5.80. The molecule has 0 radical (unpaired) electrons. The number of aryl methyl sites for hydroxylation is 1. The summed E-state index contributed by atoms with van der Waals surface area (Å²) in [4.78, 5) is 23.2. The van der Waals surface area contributed by atoms with Crippen LogP contribution in [-0.4, -0.2) is 44.5 Å². The van der Waals surface area contributed by atoms with Crippen molar-refractivity contribution in [1.29, 1.82) is 5.26 Å². The Labute approximate surface area is 152 Å². The highest BCUT2D eigenvalue weighted by atomic mass is 16.2. The monoisotopic (exact) mass is 350 g/mol. The van der Waals surface area contributed by atoms with E-state index in [9.17, 15) is 10.1 Å². The number of anilines is 1. The minimum Gasteiger partial charge on any atom is -0.379 e. The molecular formula is C19H22N6O. The molecule has 134 valence electrons. The molecule has 0 unspecified atom stereocenters. The largest absolute Gasteiger partial charge is 0.379 e. The van der Waals surface area contributed by atoms with Crippen molar-refractivity contribution in [3.8, 4) is 6.07 Å². The van der Waals surface area contributed by atoms with Gasteiger partial charge in [-0.25, -0.2) is 4.98 Å². The Kier molecular flexibility index (Phi) is 4.33. The van der Waals surface area contributed by atoms with Crippen LogP contribution in [0.4, 0.5) is 5.69 Å². The lowest BCUT2D eigenvalue weighted by Crippen LogP contribution is -2.38. The molecule has 7 nitrogen and oxygen atoms in total. The second-order valence-electron chi connectivity index (χ2n) is 7.23. The third-order valence-corrected chi connectivity index (χ3v) is 5.47. The molecule has 1 aliphatic carbocycles. The van der Waals surface area contributed by atoms with Crippen molar-refractivity contribution in [3.05, 3.63) is 42.2 Å². The van der Waals surface area contributed by atoms with Gasteiger partial charge in [0, 0.05) is 50.6 Å². The number of hydrogen-bond acceptors (Lipinski definition) is 5. The van der Waals surface area contributed by atoms with Crippen LogP contribution < -0.4 is 5.32 Å². The van der Waals surface area contributed by atoms with Gasteiger partial charge in [0.1, 0.15) is 6.07 Å². The first-order valence-electron chi connectivity index (χ1n) is 9.03. The van der Waals surface area contributed by atoms with Crippen molar-refractivity contribution in [2.75, 3.05) is 18.4 Å². The van der Waals surface area contributed by atoms with Crippen LogP contribution in [0.25, 0.3) is 0 Å². The van der Waals surface area contributed by atoms with E-state index < -0.39 is 0 Å². The molecule has 1 saturated carbocycles. The fourth-order valence-corrected chi connectivity index (χ4v) is 3.78. The maximum atomic E-state index is 12.7. The van der Waals surface area contributed by atoms with E-state index in [-0.39, 0.29) is 23.8 Å². The quantitative estimate of drug-likeness (QED) is 0.910. The van der Waals surface area contributed by atoms with Crippen LogP contribution in [0.1, 0.15) is 36.4 Å². The first-order valence-corrected chi connectivity index (χ1v) is 9.03. The molecule has 3 heterocycles. The first-order chi connectivity index (χ1) is 12.7. The molecular weight excluding hydrogens is 328 g/mol. The van der Waals surface area contributed by atoms with Gasteiger partial charge < -0.3 is 14.8 Å². The van der Waals surface area contributed by atoms with Crippen LogP contribution in [0.15, 0.2) is 31.0 Å². The molecule has 0 aromatic carbocycles. The average molecular weight is 350 g/mol. The Morgan fingerprint density at radius 2 is 2.23 bits per heavy atom. The summed E-state index contributed by atoms with van der Waals surface area (Å²) in [6.45, 7) is 1.29. The zero-order valence-corrected chi connectivity index (χ0v) is 14.8. The molecule has 2 fully saturated rings. The Bertz CT molecular complexity index is 850. The standard InChI is InChI=1S/C19H22N6O/c1-24-10-17(22-12-24)15-9-25(19(26)13-3-2-4-13)11-18(15)23-16-5-6-21-8-14(16)7-20/h5-6,8,10,12-13,15,18H,2-4,9,11H2,1H3,(H,21,23)/t15-,18+/m0/s1. The van der Waals surface area contributed by atoms with Crippen molar-refractivity contribution in [3.63, 3.8) is 0 Å². The second kappa shape index (κ2) is 6.79. The summed E-state index contributed by atoms with van der Waals surface area (Å²) in [5, 5.41) is 12.8. The van der Waals surface area contributed by atoms with E-state index in [1.54, 1.807) is 18.7 Å². The van der Waals surface area contributed by atoms with Crippen LogP contribution in [0.5, 0.6) is 0 Å². The van der Waals surface area contributed by atoms with Gasteiger partial charge >= 0.3 is 0 Å². The molecule has 7 heteroatoms. The van der Waals surface area contributed by atoms with Gasteiger partial charge in [-0.2, -0.15) is 5.26 Å². The Morgan fingerprint density at radius 3 is 2.88 bits per heavy atom. The minimum absolute atomic E-state index is 0.0171. The molecule has 2 aromatic heterocycles. The zero-order chi connectivity index (χ0) is 18.1. The molecule has 0 spiro atoms. The van der Waals surface area contributed by atoms with Gasteiger partial charge in [0.15, 0.2) is 0 Å². The molecule has 2 aliphatic rings. The van der Waals surface area contributed by atoms with E-state index in [0.29, 0.717) is 18.7 Å². The first kappa shape index (κ1) is 16.6. The normalized spacial score (nSPS) is 22.7. The number of hydrogen-bond donors (Lipinski definition) is 1. The zero-order valence-electron chi connectivity index (χ0n) is 14.8. The average Bonchev–Trinajstić information content (AvgIpc) is 3.20. The number of nitrogens with zero attached hydrogens (tertiary/aromatic N) is 5. The van der Waals surface area contributed by atoms with Crippen molar-refractivity contribution in [2.45, 2.75) is 31.2 Å². The SMILES string of the molecule is Cn1cnc([C@@H]2CN(C(=O)C3CCC3)C[C@H]2Nc2ccncc2C#N)c1. The minimum atomic E-state index is 0.0171. The number of pyridine rings is 1. The number of amides is 1.